The number of nitrogens with one attached hydrogen (secondary N) is 2. The van der Waals surface area contributed by atoms with Gasteiger partial charge in [0.1, 0.15) is 17.7 Å². The van der Waals surface area contributed by atoms with E-state index >= 15 is 4.39 Å². The Balaban J connectivity index is 1.35. The smallest absolute Gasteiger partial charge is 0.335 e. The molecule has 5 rings (SSSR count). The predicted octanol–water partition coefficient (Wildman–Crippen LogP) is 5.35. The third-order valence-corrected chi connectivity index (χ3v) is 8.07. The first-order chi connectivity index (χ1) is 17.5. The Morgan fingerprint density at radius 2 is 1.89 bits per heavy atom. The van der Waals surface area contributed by atoms with E-state index in [-0.39, 0.29) is 42.4 Å². The van der Waals surface area contributed by atoms with E-state index in [2.05, 4.69) is 10.6 Å². The largest absolute Gasteiger partial charge is 0.490 e. The van der Waals surface area contributed by atoms with Crippen molar-refractivity contribution in [2.45, 2.75) is 88.1 Å². The number of ether oxygens (including phenoxy) is 1. The van der Waals surface area contributed by atoms with Gasteiger partial charge in [0.15, 0.2) is 0 Å². The molecule has 3 fully saturated rings. The van der Waals surface area contributed by atoms with Crippen LogP contribution < -0.4 is 15.4 Å². The van der Waals surface area contributed by atoms with Crippen LogP contribution >= 0.6 is 0 Å². The monoisotopic (exact) mass is 512 g/mol. The quantitative estimate of drug-likeness (QED) is 0.465. The number of amides is 1. The lowest BCUT2D eigenvalue weighted by Crippen LogP contribution is -2.48. The second-order valence-corrected chi connectivity index (χ2v) is 11.4. The van der Waals surface area contributed by atoms with Gasteiger partial charge in [0.05, 0.1) is 5.56 Å². The Kier molecular flexibility index (Phi) is 6.73. The molecule has 1 aliphatic heterocycles. The second kappa shape index (κ2) is 9.71. The Morgan fingerprint density at radius 3 is 2.54 bits per heavy atom. The Labute approximate surface area is 215 Å². The third-order valence-electron chi connectivity index (χ3n) is 8.07. The molecule has 198 valence electrons. The first kappa shape index (κ1) is 25.6. The highest BCUT2D eigenvalue weighted by Gasteiger charge is 2.49. The fraction of sp³-hybridized carbons (Fsp3) is 0.517. The highest BCUT2D eigenvalue weighted by molar-refractivity contribution is 5.91. The average molecular weight is 513 g/mol. The summed E-state index contributed by atoms with van der Waals surface area (Å²) in [5.41, 5.74) is -0.445. The van der Waals surface area contributed by atoms with Crippen molar-refractivity contribution < 1.29 is 28.2 Å². The maximum Gasteiger partial charge on any atom is 0.335 e. The number of hydrogen-bond acceptors (Lipinski definition) is 4. The summed E-state index contributed by atoms with van der Waals surface area (Å²) in [6, 6.07) is 9.35. The minimum atomic E-state index is -1.93. The van der Waals surface area contributed by atoms with Gasteiger partial charge in [0.25, 0.3) is 5.91 Å². The molecule has 1 saturated heterocycles. The summed E-state index contributed by atoms with van der Waals surface area (Å²) < 4.78 is 36.5. The lowest BCUT2D eigenvalue weighted by atomic mass is 9.76. The van der Waals surface area contributed by atoms with Crippen molar-refractivity contribution in [3.63, 3.8) is 0 Å². The molecule has 0 radical (unpaired) electrons. The van der Waals surface area contributed by atoms with Crippen molar-refractivity contribution in [3.8, 4) is 16.9 Å². The molecule has 3 N–H and O–H groups in total. The van der Waals surface area contributed by atoms with Crippen LogP contribution in [-0.4, -0.2) is 46.9 Å². The molecular formula is C29H34F2N2O4. The van der Waals surface area contributed by atoms with Gasteiger partial charge in [-0.15, -0.1) is 0 Å². The molecule has 1 heterocycles. The lowest BCUT2D eigenvalue weighted by Gasteiger charge is -2.29. The van der Waals surface area contributed by atoms with Crippen LogP contribution in [0, 0.1) is 5.82 Å². The van der Waals surface area contributed by atoms with Crippen LogP contribution in [0.15, 0.2) is 36.4 Å². The number of benzene rings is 2. The summed E-state index contributed by atoms with van der Waals surface area (Å²) in [4.78, 5) is 24.4. The molecule has 2 saturated carbocycles. The van der Waals surface area contributed by atoms with E-state index in [1.54, 1.807) is 18.2 Å². The van der Waals surface area contributed by atoms with Gasteiger partial charge in [-0.25, -0.2) is 13.6 Å². The molecule has 0 aromatic heterocycles. The molecule has 2 aromatic carbocycles. The topological polar surface area (TPSA) is 87.7 Å². The molecule has 0 bridgehead atoms. The van der Waals surface area contributed by atoms with Crippen LogP contribution in [0.5, 0.6) is 5.75 Å². The van der Waals surface area contributed by atoms with Gasteiger partial charge in [-0.2, -0.15) is 0 Å². The summed E-state index contributed by atoms with van der Waals surface area (Å²) in [5.74, 6) is -1.36. The molecule has 1 amide bonds. The normalized spacial score (nSPS) is 27.0. The van der Waals surface area contributed by atoms with Crippen molar-refractivity contribution in [2.75, 3.05) is 6.54 Å². The van der Waals surface area contributed by atoms with E-state index in [1.165, 1.54) is 12.1 Å². The summed E-state index contributed by atoms with van der Waals surface area (Å²) in [5, 5.41) is 15.5. The van der Waals surface area contributed by atoms with E-state index in [0.29, 0.717) is 41.7 Å². The number of alkyl halides is 1. The molecule has 2 aliphatic carbocycles. The number of halogens is 2. The first-order valence-corrected chi connectivity index (χ1v) is 13.1. The van der Waals surface area contributed by atoms with Gasteiger partial charge in [-0.1, -0.05) is 18.6 Å². The number of rotatable bonds is 7. The maximum absolute atomic E-state index is 15.2. The van der Waals surface area contributed by atoms with E-state index in [1.807, 2.05) is 19.9 Å². The molecule has 3 atom stereocenters. The summed E-state index contributed by atoms with van der Waals surface area (Å²) in [7, 11) is 0. The highest BCUT2D eigenvalue weighted by Crippen LogP contribution is 2.45. The van der Waals surface area contributed by atoms with Gasteiger partial charge >= 0.3 is 5.97 Å². The molecule has 37 heavy (non-hydrogen) atoms. The third kappa shape index (κ3) is 5.21. The maximum atomic E-state index is 15.2. The van der Waals surface area contributed by atoms with Crippen molar-refractivity contribution in [1.29, 1.82) is 0 Å². The summed E-state index contributed by atoms with van der Waals surface area (Å²) >= 11 is 0. The van der Waals surface area contributed by atoms with E-state index < -0.39 is 23.1 Å². The predicted molar refractivity (Wildman–Crippen MR) is 136 cm³/mol. The number of carbonyl (C=O) groups excluding carboxylic acids is 1. The second-order valence-electron chi connectivity index (χ2n) is 11.4. The highest BCUT2D eigenvalue weighted by atomic mass is 19.1. The van der Waals surface area contributed by atoms with Crippen LogP contribution in [0.4, 0.5) is 8.78 Å². The number of carboxylic acids is 1. The number of aromatic carboxylic acids is 1. The fourth-order valence-electron chi connectivity index (χ4n) is 5.90. The summed E-state index contributed by atoms with van der Waals surface area (Å²) in [6.07, 6.45) is 4.54. The summed E-state index contributed by atoms with van der Waals surface area (Å²) in [6.45, 7) is 3.75. The van der Waals surface area contributed by atoms with Crippen molar-refractivity contribution in [2.24, 2.45) is 0 Å². The number of hydrogen-bond donors (Lipinski definition) is 3. The Hall–Kier alpha value is -3.00. The zero-order valence-corrected chi connectivity index (χ0v) is 21.3. The van der Waals surface area contributed by atoms with Gasteiger partial charge in [-0.05, 0) is 80.8 Å². The molecule has 2 aromatic rings. The van der Waals surface area contributed by atoms with Gasteiger partial charge < -0.3 is 20.5 Å². The fourth-order valence-corrected chi connectivity index (χ4v) is 5.90. The molecular weight excluding hydrogens is 478 g/mol. The molecule has 0 spiro atoms. The zero-order chi connectivity index (χ0) is 26.4. The van der Waals surface area contributed by atoms with Crippen LogP contribution in [0.25, 0.3) is 11.1 Å². The van der Waals surface area contributed by atoms with Crippen molar-refractivity contribution >= 4 is 11.9 Å². The van der Waals surface area contributed by atoms with Gasteiger partial charge in [-0.3, -0.25) is 4.79 Å². The Bertz CT molecular complexity index is 1210. The van der Waals surface area contributed by atoms with Crippen LogP contribution in [0.1, 0.15) is 80.6 Å². The van der Waals surface area contributed by atoms with Gasteiger partial charge in [0.2, 0.25) is 5.67 Å². The first-order valence-electron chi connectivity index (χ1n) is 13.1. The number of carbonyl (C=O) groups is 2. The molecule has 6 nitrogen and oxygen atoms in total. The number of carboxylic acid groups (broad SMARTS) is 1. The van der Waals surface area contributed by atoms with E-state index in [9.17, 15) is 19.1 Å². The lowest BCUT2D eigenvalue weighted by molar-refractivity contribution is -0.132. The molecule has 0 unspecified atom stereocenters. The molecule has 8 heteroatoms. The average Bonchev–Trinajstić information content (AvgIpc) is 3.37. The molecule has 3 aliphatic rings. The van der Waals surface area contributed by atoms with Crippen LogP contribution in [0.2, 0.25) is 0 Å². The Morgan fingerprint density at radius 1 is 1.11 bits per heavy atom. The van der Waals surface area contributed by atoms with Gasteiger partial charge in [0, 0.05) is 36.5 Å². The minimum absolute atomic E-state index is 0.00523. The van der Waals surface area contributed by atoms with E-state index in [0.717, 1.165) is 19.3 Å². The van der Waals surface area contributed by atoms with Crippen LogP contribution in [-0.2, 0) is 4.79 Å². The van der Waals surface area contributed by atoms with Crippen molar-refractivity contribution in [3.05, 3.63) is 53.3 Å². The van der Waals surface area contributed by atoms with E-state index in [4.69, 9.17) is 4.74 Å². The van der Waals surface area contributed by atoms with Crippen molar-refractivity contribution in [1.82, 2.24) is 10.6 Å². The zero-order valence-electron chi connectivity index (χ0n) is 21.3. The van der Waals surface area contributed by atoms with Crippen LogP contribution in [0.3, 0.4) is 0 Å². The minimum Gasteiger partial charge on any atom is -0.490 e. The standard InChI is InChI=1S/C29H34F2N2O4/c1-28(2)15-29(31,16-32-28)27(36)33-19-10-11-20(14-19)37-24-12-9-18(26(34)35)13-22(24)21-7-4-8-23(30)25(21)17-5-3-6-17/h4,7-9,12-13,17,19-20,32H,3,5-6,10-11,14-16H2,1-2H3,(H,33,36)(H,34,35)/t19-,20-,29-/m1/s1. The SMILES string of the molecule is CC1(C)C[C@](F)(C(=O)N[C@@H]2CC[C@@H](Oc3ccc(C(=O)O)cc3-c3cccc(F)c3C3CCC3)C2)CN1.